The number of phosphoric ester groups is 1. The zero-order valence-corrected chi connectivity index (χ0v) is 21.9. The zero-order chi connectivity index (χ0) is 20.9. The van der Waals surface area contributed by atoms with Gasteiger partial charge in [-0.25, -0.2) is 0 Å². The second-order valence-electron chi connectivity index (χ2n) is 7.80. The number of rotatable bonds is 22. The molecule has 0 aromatic heterocycles. The van der Waals surface area contributed by atoms with Crippen molar-refractivity contribution in [3.63, 3.8) is 0 Å². The zero-order valence-electron chi connectivity index (χ0n) is 19.0. The summed E-state index contributed by atoms with van der Waals surface area (Å²) in [6.07, 6.45) is 20.1. The van der Waals surface area contributed by atoms with Crippen LogP contribution in [-0.4, -0.2) is 35.9 Å². The first kappa shape index (κ1) is 32.2. The fourth-order valence-electron chi connectivity index (χ4n) is 3.20. The van der Waals surface area contributed by atoms with Gasteiger partial charge in [0.2, 0.25) is 0 Å². The van der Waals surface area contributed by atoms with E-state index in [9.17, 15) is 14.6 Å². The average molecular weight is 447 g/mol. The molecule has 0 heterocycles. The molecule has 0 aliphatic heterocycles. The van der Waals surface area contributed by atoms with Gasteiger partial charge >= 0.3 is 29.6 Å². The van der Waals surface area contributed by atoms with Crippen molar-refractivity contribution in [1.82, 2.24) is 0 Å². The van der Waals surface area contributed by atoms with Gasteiger partial charge in [-0.15, -0.1) is 0 Å². The molecule has 0 saturated carbocycles. The van der Waals surface area contributed by atoms with Crippen LogP contribution in [0.3, 0.4) is 0 Å². The summed E-state index contributed by atoms with van der Waals surface area (Å²) in [5, 5.41) is 9.43. The third kappa shape index (κ3) is 29.0. The summed E-state index contributed by atoms with van der Waals surface area (Å²) in [5.74, 6) is 0. The van der Waals surface area contributed by atoms with Crippen molar-refractivity contribution in [2.75, 3.05) is 19.8 Å². The first-order valence-electron chi connectivity index (χ1n) is 11.4. The quantitative estimate of drug-likeness (QED) is 0.150. The van der Waals surface area contributed by atoms with Crippen molar-refractivity contribution in [1.29, 1.82) is 0 Å². The van der Waals surface area contributed by atoms with E-state index in [0.29, 0.717) is 6.61 Å². The van der Waals surface area contributed by atoms with Gasteiger partial charge in [-0.3, -0.25) is 4.57 Å². The largest absolute Gasteiger partial charge is 1.00 e. The minimum absolute atomic E-state index is 0. The molecule has 0 aromatic rings. The molecule has 1 unspecified atom stereocenters. The number of unbranched alkanes of at least 4 members (excludes halogenated alkanes) is 15. The molecule has 6 nitrogen and oxygen atoms in total. The summed E-state index contributed by atoms with van der Waals surface area (Å²) in [5.41, 5.74) is 0. The van der Waals surface area contributed by atoms with Crippen LogP contribution in [0.15, 0.2) is 0 Å². The summed E-state index contributed by atoms with van der Waals surface area (Å²) in [4.78, 5) is 18.8. The van der Waals surface area contributed by atoms with E-state index >= 15 is 0 Å². The molecule has 0 saturated heterocycles. The maximum atomic E-state index is 10.4. The Bertz CT molecular complexity index is 367. The maximum absolute atomic E-state index is 10.4. The third-order valence-electron chi connectivity index (χ3n) is 4.88. The molecule has 0 rings (SSSR count). The fourth-order valence-corrected chi connectivity index (χ4v) is 3.56. The molecule has 8 heteroatoms. The van der Waals surface area contributed by atoms with Gasteiger partial charge in [0.1, 0.15) is 6.10 Å². The van der Waals surface area contributed by atoms with Crippen LogP contribution in [0.25, 0.3) is 0 Å². The third-order valence-corrected chi connectivity index (χ3v) is 5.36. The minimum Gasteiger partial charge on any atom is -0.756 e. The Labute approximate surface area is 201 Å². The smallest absolute Gasteiger partial charge is 0.756 e. The predicted molar refractivity (Wildman–Crippen MR) is 112 cm³/mol. The van der Waals surface area contributed by atoms with Crippen molar-refractivity contribution in [3.8, 4) is 0 Å². The van der Waals surface area contributed by atoms with Crippen LogP contribution in [0.2, 0.25) is 0 Å². The summed E-state index contributed by atoms with van der Waals surface area (Å²) < 4.78 is 19.8. The Morgan fingerprint density at radius 2 is 1.14 bits per heavy atom. The Hall–Kier alpha value is 1.03. The van der Waals surface area contributed by atoms with E-state index in [1.807, 2.05) is 0 Å². The van der Waals surface area contributed by atoms with Crippen molar-refractivity contribution >= 4 is 7.82 Å². The summed E-state index contributed by atoms with van der Waals surface area (Å²) in [6.45, 7) is 2.35. The number of hydrogen-bond acceptors (Lipinski definition) is 5. The molecular formula is C21H44NaO6P. The van der Waals surface area contributed by atoms with Crippen molar-refractivity contribution in [2.45, 2.75) is 116 Å². The molecule has 2 atom stereocenters. The van der Waals surface area contributed by atoms with Crippen LogP contribution in [0.5, 0.6) is 0 Å². The van der Waals surface area contributed by atoms with Crippen LogP contribution in [-0.2, 0) is 13.8 Å². The Kier molecular flexibility index (Phi) is 26.3. The Morgan fingerprint density at radius 1 is 0.759 bits per heavy atom. The fraction of sp³-hybridized carbons (Fsp3) is 1.00. The molecule has 0 spiro atoms. The van der Waals surface area contributed by atoms with E-state index in [-0.39, 0.29) is 36.2 Å². The van der Waals surface area contributed by atoms with E-state index in [0.717, 1.165) is 12.8 Å². The predicted octanol–water partition coefficient (Wildman–Crippen LogP) is 2.11. The Balaban J connectivity index is 0. The summed E-state index contributed by atoms with van der Waals surface area (Å²) >= 11 is 0. The van der Waals surface area contributed by atoms with Crippen LogP contribution >= 0.6 is 7.82 Å². The van der Waals surface area contributed by atoms with Gasteiger partial charge in [-0.05, 0) is 6.42 Å². The minimum atomic E-state index is -4.76. The molecule has 0 aliphatic rings. The van der Waals surface area contributed by atoms with Crippen molar-refractivity contribution in [2.24, 2.45) is 0 Å². The number of ether oxygens (including phenoxy) is 1. The van der Waals surface area contributed by atoms with Gasteiger partial charge in [0.15, 0.2) is 0 Å². The molecule has 29 heavy (non-hydrogen) atoms. The van der Waals surface area contributed by atoms with Crippen molar-refractivity contribution in [3.05, 3.63) is 0 Å². The van der Waals surface area contributed by atoms with E-state index in [2.05, 4.69) is 11.4 Å². The second-order valence-corrected chi connectivity index (χ2v) is 8.99. The molecule has 170 valence electrons. The van der Waals surface area contributed by atoms with Crippen LogP contribution < -0.4 is 34.5 Å². The molecule has 0 aliphatic carbocycles. The van der Waals surface area contributed by atoms with E-state index in [4.69, 9.17) is 9.63 Å². The van der Waals surface area contributed by atoms with Crippen molar-refractivity contribution < 1.29 is 58.3 Å². The standard InChI is InChI=1S/C21H45O6P.Na/c1-2-3-4-5-6-7-8-9-10-11-12-13-14-15-16-17-18-26-19-21(22)20-27-28(23,24)25;/h21-22H,2-20H2,1H3,(H2,23,24,25);/q;+1/p-1/t21-;/m1./s1. The number of aliphatic hydroxyl groups excluding tert-OH is 1. The molecule has 2 N–H and O–H groups in total. The van der Waals surface area contributed by atoms with Gasteiger partial charge in [0.25, 0.3) is 7.82 Å². The van der Waals surface area contributed by atoms with E-state index < -0.39 is 20.5 Å². The molecule has 0 aromatic carbocycles. The SMILES string of the molecule is CCCCCCCCCCCCCCCCCCOC[C@@H](O)COP(=O)([O-])O.[Na+]. The molecule has 0 amide bonds. The van der Waals surface area contributed by atoms with Gasteiger partial charge < -0.3 is 24.2 Å². The number of aliphatic hydroxyl groups is 1. The normalized spacial score (nSPS) is 14.3. The van der Waals surface area contributed by atoms with Crippen LogP contribution in [0.1, 0.15) is 110 Å². The number of phosphoric acid groups is 1. The topological polar surface area (TPSA) is 99.0 Å². The van der Waals surface area contributed by atoms with Crippen LogP contribution in [0.4, 0.5) is 0 Å². The van der Waals surface area contributed by atoms with E-state index in [1.165, 1.54) is 89.9 Å². The number of hydrogen-bond donors (Lipinski definition) is 2. The van der Waals surface area contributed by atoms with Gasteiger partial charge in [-0.2, -0.15) is 0 Å². The maximum Gasteiger partial charge on any atom is 1.00 e. The van der Waals surface area contributed by atoms with E-state index in [1.54, 1.807) is 0 Å². The van der Waals surface area contributed by atoms with Gasteiger partial charge in [0.05, 0.1) is 13.2 Å². The summed E-state index contributed by atoms with van der Waals surface area (Å²) in [6, 6.07) is 0. The Morgan fingerprint density at radius 3 is 1.52 bits per heavy atom. The molecule has 0 bridgehead atoms. The van der Waals surface area contributed by atoms with Crippen LogP contribution in [0, 0.1) is 0 Å². The first-order chi connectivity index (χ1) is 13.5. The average Bonchev–Trinajstić information content (AvgIpc) is 2.65. The molecule has 0 fully saturated rings. The molecular weight excluding hydrogens is 402 g/mol. The first-order valence-corrected chi connectivity index (χ1v) is 12.9. The van der Waals surface area contributed by atoms with Gasteiger partial charge in [-0.1, -0.05) is 103 Å². The molecule has 0 radical (unpaired) electrons. The van der Waals surface area contributed by atoms with Gasteiger partial charge in [0, 0.05) is 6.61 Å². The second kappa shape index (κ2) is 23.7. The monoisotopic (exact) mass is 446 g/mol. The summed E-state index contributed by atoms with van der Waals surface area (Å²) in [7, 11) is -4.76.